The van der Waals surface area contributed by atoms with Crippen LogP contribution in [0.25, 0.3) is 0 Å². The van der Waals surface area contributed by atoms with E-state index in [0.29, 0.717) is 11.5 Å². The second-order valence-electron chi connectivity index (χ2n) is 4.38. The lowest BCUT2D eigenvalue weighted by Crippen LogP contribution is -2.43. The zero-order valence-corrected chi connectivity index (χ0v) is 11.2. The van der Waals surface area contributed by atoms with Crippen molar-refractivity contribution in [1.29, 1.82) is 0 Å². The molecule has 1 unspecified atom stereocenters. The highest BCUT2D eigenvalue weighted by Gasteiger charge is 2.37. The Kier molecular flexibility index (Phi) is 4.93. The second-order valence-corrected chi connectivity index (χ2v) is 7.96. The predicted octanol–water partition coefficient (Wildman–Crippen LogP) is 1.30. The lowest BCUT2D eigenvalue weighted by atomic mass is 10.0. The van der Waals surface area contributed by atoms with Gasteiger partial charge in [-0.2, -0.15) is 11.8 Å². The van der Waals surface area contributed by atoms with Gasteiger partial charge in [-0.1, -0.05) is 6.92 Å². The normalized spacial score (nSPS) is 29.5. The van der Waals surface area contributed by atoms with E-state index in [2.05, 4.69) is 12.2 Å². The Morgan fingerprint density at radius 1 is 1.47 bits per heavy atom. The van der Waals surface area contributed by atoms with Crippen molar-refractivity contribution in [1.82, 2.24) is 5.32 Å². The molecule has 1 aliphatic rings. The van der Waals surface area contributed by atoms with E-state index in [4.69, 9.17) is 0 Å². The summed E-state index contributed by atoms with van der Waals surface area (Å²) in [6.45, 7) is 5.10. The van der Waals surface area contributed by atoms with Gasteiger partial charge in [-0.25, -0.2) is 8.42 Å². The Balaban J connectivity index is 2.21. The average molecular weight is 251 g/mol. The van der Waals surface area contributed by atoms with Gasteiger partial charge in [0, 0.05) is 5.54 Å². The fourth-order valence-corrected chi connectivity index (χ4v) is 4.62. The molecule has 0 aromatic heterocycles. The van der Waals surface area contributed by atoms with E-state index in [1.807, 2.05) is 18.7 Å². The molecule has 1 atom stereocenters. The molecule has 0 aromatic carbocycles. The van der Waals surface area contributed by atoms with E-state index in [9.17, 15) is 8.42 Å². The average Bonchev–Trinajstić information content (AvgIpc) is 2.41. The first kappa shape index (κ1) is 13.3. The lowest BCUT2D eigenvalue weighted by Gasteiger charge is -2.23. The van der Waals surface area contributed by atoms with Crippen LogP contribution in [-0.2, 0) is 9.84 Å². The van der Waals surface area contributed by atoms with Crippen molar-refractivity contribution in [2.24, 2.45) is 0 Å². The standard InChI is InChI=1S/C10H21NO2S2/c1-3-14-7-4-6-11-10(2)5-8-15(12,13)9-10/h11H,3-9H2,1-2H3. The first-order chi connectivity index (χ1) is 6.97. The largest absolute Gasteiger partial charge is 0.310 e. The molecule has 1 saturated heterocycles. The summed E-state index contributed by atoms with van der Waals surface area (Å²) in [5.74, 6) is 2.97. The Hall–Kier alpha value is 0.260. The SMILES string of the molecule is CCSCCCNC1(C)CCS(=O)(=O)C1. The van der Waals surface area contributed by atoms with Crippen LogP contribution in [0.2, 0.25) is 0 Å². The maximum absolute atomic E-state index is 11.3. The van der Waals surface area contributed by atoms with Crippen LogP contribution in [0.5, 0.6) is 0 Å². The third kappa shape index (κ3) is 4.74. The summed E-state index contributed by atoms with van der Waals surface area (Å²) in [5.41, 5.74) is -0.171. The third-order valence-electron chi connectivity index (χ3n) is 2.72. The highest BCUT2D eigenvalue weighted by Crippen LogP contribution is 2.22. The van der Waals surface area contributed by atoms with Crippen LogP contribution in [0.15, 0.2) is 0 Å². The number of sulfone groups is 1. The predicted molar refractivity (Wildman–Crippen MR) is 67.3 cm³/mol. The van der Waals surface area contributed by atoms with Gasteiger partial charge < -0.3 is 5.32 Å². The molecule has 1 rings (SSSR count). The molecule has 1 heterocycles. The minimum atomic E-state index is -2.77. The summed E-state index contributed by atoms with van der Waals surface area (Å²) >= 11 is 1.93. The summed E-state index contributed by atoms with van der Waals surface area (Å²) in [6, 6.07) is 0. The molecule has 0 aromatic rings. The molecule has 0 amide bonds. The van der Waals surface area contributed by atoms with Gasteiger partial charge in [0.2, 0.25) is 0 Å². The maximum atomic E-state index is 11.3. The first-order valence-corrected chi connectivity index (χ1v) is 8.48. The first-order valence-electron chi connectivity index (χ1n) is 5.51. The van der Waals surface area contributed by atoms with Gasteiger partial charge in [0.05, 0.1) is 11.5 Å². The fourth-order valence-electron chi connectivity index (χ4n) is 1.86. The Bertz CT molecular complexity index is 290. The van der Waals surface area contributed by atoms with Crippen LogP contribution in [0.3, 0.4) is 0 Å². The molecule has 0 radical (unpaired) electrons. The number of hydrogen-bond donors (Lipinski definition) is 1. The van der Waals surface area contributed by atoms with Crippen molar-refractivity contribution in [3.8, 4) is 0 Å². The number of hydrogen-bond acceptors (Lipinski definition) is 4. The molecular weight excluding hydrogens is 230 g/mol. The second kappa shape index (κ2) is 5.55. The van der Waals surface area contributed by atoms with E-state index in [1.165, 1.54) is 0 Å². The lowest BCUT2D eigenvalue weighted by molar-refractivity contribution is 0.399. The van der Waals surface area contributed by atoms with E-state index < -0.39 is 9.84 Å². The minimum Gasteiger partial charge on any atom is -0.310 e. The van der Waals surface area contributed by atoms with Crippen molar-refractivity contribution in [2.45, 2.75) is 32.2 Å². The molecule has 0 spiro atoms. The van der Waals surface area contributed by atoms with Crippen molar-refractivity contribution in [3.63, 3.8) is 0 Å². The number of rotatable bonds is 6. The van der Waals surface area contributed by atoms with Gasteiger partial charge in [0.25, 0.3) is 0 Å². The molecule has 1 aliphatic heterocycles. The van der Waals surface area contributed by atoms with Gasteiger partial charge in [0.15, 0.2) is 9.84 Å². The van der Waals surface area contributed by atoms with Crippen LogP contribution in [0.1, 0.15) is 26.7 Å². The Morgan fingerprint density at radius 3 is 2.73 bits per heavy atom. The minimum absolute atomic E-state index is 0.171. The monoisotopic (exact) mass is 251 g/mol. The molecule has 5 heteroatoms. The van der Waals surface area contributed by atoms with Crippen molar-refractivity contribution < 1.29 is 8.42 Å². The van der Waals surface area contributed by atoms with Gasteiger partial charge in [0.1, 0.15) is 0 Å². The molecule has 0 bridgehead atoms. The molecular formula is C10H21NO2S2. The molecule has 1 N–H and O–H groups in total. The van der Waals surface area contributed by atoms with Crippen molar-refractivity contribution in [3.05, 3.63) is 0 Å². The van der Waals surface area contributed by atoms with Crippen molar-refractivity contribution in [2.75, 3.05) is 29.6 Å². The van der Waals surface area contributed by atoms with Crippen LogP contribution >= 0.6 is 11.8 Å². The summed E-state index contributed by atoms with van der Waals surface area (Å²) in [7, 11) is -2.77. The maximum Gasteiger partial charge on any atom is 0.152 e. The summed E-state index contributed by atoms with van der Waals surface area (Å²) in [5, 5.41) is 3.38. The van der Waals surface area contributed by atoms with Crippen LogP contribution in [0, 0.1) is 0 Å². The van der Waals surface area contributed by atoms with E-state index in [1.54, 1.807) is 0 Å². The quantitative estimate of drug-likeness (QED) is 0.723. The number of thioether (sulfide) groups is 1. The number of nitrogens with one attached hydrogen (secondary N) is 1. The summed E-state index contributed by atoms with van der Waals surface area (Å²) < 4.78 is 22.7. The highest BCUT2D eigenvalue weighted by molar-refractivity contribution is 7.99. The van der Waals surface area contributed by atoms with Gasteiger partial charge in [-0.15, -0.1) is 0 Å². The Morgan fingerprint density at radius 2 is 2.20 bits per heavy atom. The van der Waals surface area contributed by atoms with E-state index in [0.717, 1.165) is 30.9 Å². The topological polar surface area (TPSA) is 46.2 Å². The zero-order chi connectivity index (χ0) is 11.4. The van der Waals surface area contributed by atoms with E-state index >= 15 is 0 Å². The van der Waals surface area contributed by atoms with Crippen LogP contribution < -0.4 is 5.32 Å². The van der Waals surface area contributed by atoms with Gasteiger partial charge >= 0.3 is 0 Å². The molecule has 3 nitrogen and oxygen atoms in total. The highest BCUT2D eigenvalue weighted by atomic mass is 32.2. The summed E-state index contributed by atoms with van der Waals surface area (Å²) in [4.78, 5) is 0. The molecule has 90 valence electrons. The third-order valence-corrected chi connectivity index (χ3v) is 5.61. The Labute approximate surface area is 97.3 Å². The molecule has 0 aliphatic carbocycles. The van der Waals surface area contributed by atoms with Crippen LogP contribution in [-0.4, -0.2) is 43.5 Å². The van der Waals surface area contributed by atoms with Crippen molar-refractivity contribution >= 4 is 21.6 Å². The van der Waals surface area contributed by atoms with Crippen LogP contribution in [0.4, 0.5) is 0 Å². The summed E-state index contributed by atoms with van der Waals surface area (Å²) in [6.07, 6.45) is 1.88. The molecule has 0 saturated carbocycles. The zero-order valence-electron chi connectivity index (χ0n) is 9.58. The molecule has 1 fully saturated rings. The van der Waals surface area contributed by atoms with E-state index in [-0.39, 0.29) is 5.54 Å². The van der Waals surface area contributed by atoms with Gasteiger partial charge in [-0.05, 0) is 37.8 Å². The fraction of sp³-hybridized carbons (Fsp3) is 1.00. The smallest absolute Gasteiger partial charge is 0.152 e. The van der Waals surface area contributed by atoms with Gasteiger partial charge in [-0.3, -0.25) is 0 Å². The molecule has 15 heavy (non-hydrogen) atoms.